The number of tetrazole rings is 1. The number of hydrogen-bond donors (Lipinski definition) is 1. The Hall–Kier alpha value is -2.82. The highest BCUT2D eigenvalue weighted by atomic mass is 15.5. The minimum Gasteiger partial charge on any atom is -0.253 e. The Bertz CT molecular complexity index is 893. The highest BCUT2D eigenvalue weighted by molar-refractivity contribution is 5.70. The van der Waals surface area contributed by atoms with Gasteiger partial charge in [-0.05, 0) is 53.8 Å². The van der Waals surface area contributed by atoms with Crippen LogP contribution in [0.5, 0.6) is 0 Å². The van der Waals surface area contributed by atoms with Crippen molar-refractivity contribution < 1.29 is 0 Å². The largest absolute Gasteiger partial charge is 0.253 e. The summed E-state index contributed by atoms with van der Waals surface area (Å²) in [4.78, 5) is 4.53. The number of pyridine rings is 1. The SMILES string of the molecule is CC(C)C1CCCCC1.Cc1cccc(-c2cccc(/C=C/c3nn[nH]n3)c2)n1. The van der Waals surface area contributed by atoms with Gasteiger partial charge in [-0.15, -0.1) is 10.2 Å². The van der Waals surface area contributed by atoms with Gasteiger partial charge in [0.1, 0.15) is 0 Å². The fourth-order valence-corrected chi connectivity index (χ4v) is 3.72. The van der Waals surface area contributed by atoms with E-state index < -0.39 is 0 Å². The molecule has 0 unspecified atom stereocenters. The van der Waals surface area contributed by atoms with E-state index >= 15 is 0 Å². The first-order valence-electron chi connectivity index (χ1n) is 10.6. The molecular formula is C24H31N5. The monoisotopic (exact) mass is 389 g/mol. The van der Waals surface area contributed by atoms with Crippen molar-refractivity contribution in [3.8, 4) is 11.3 Å². The van der Waals surface area contributed by atoms with Crippen molar-refractivity contribution in [2.75, 3.05) is 0 Å². The van der Waals surface area contributed by atoms with Crippen molar-refractivity contribution in [1.29, 1.82) is 0 Å². The van der Waals surface area contributed by atoms with Crippen LogP contribution in [0.15, 0.2) is 42.5 Å². The van der Waals surface area contributed by atoms with E-state index in [4.69, 9.17) is 0 Å². The van der Waals surface area contributed by atoms with Gasteiger partial charge in [0.2, 0.25) is 0 Å². The van der Waals surface area contributed by atoms with Crippen molar-refractivity contribution >= 4 is 12.2 Å². The fraction of sp³-hybridized carbons (Fsp3) is 0.417. The molecule has 1 fully saturated rings. The second kappa shape index (κ2) is 10.6. The van der Waals surface area contributed by atoms with Gasteiger partial charge in [0.15, 0.2) is 5.82 Å². The van der Waals surface area contributed by atoms with E-state index in [-0.39, 0.29) is 0 Å². The standard InChI is InChI=1S/C15H13N5.C9H18/c1-11-4-2-7-14(16-11)13-6-3-5-12(10-13)8-9-15-17-19-20-18-15;1-8(2)9-6-4-3-5-7-9/h2-10H,1H3,(H,17,18,19,20);8-9H,3-7H2,1-2H3/b9-8+;. The van der Waals surface area contributed by atoms with E-state index in [0.717, 1.165) is 34.4 Å². The smallest absolute Gasteiger partial charge is 0.197 e. The van der Waals surface area contributed by atoms with E-state index in [1.807, 2.05) is 55.5 Å². The lowest BCUT2D eigenvalue weighted by Crippen LogP contribution is -2.12. The number of H-pyrrole nitrogens is 1. The summed E-state index contributed by atoms with van der Waals surface area (Å²) in [7, 11) is 0. The summed E-state index contributed by atoms with van der Waals surface area (Å²) >= 11 is 0. The quantitative estimate of drug-likeness (QED) is 0.597. The number of nitrogens with one attached hydrogen (secondary N) is 1. The second-order valence-electron chi connectivity index (χ2n) is 8.04. The molecule has 0 saturated heterocycles. The summed E-state index contributed by atoms with van der Waals surface area (Å²) in [6, 6.07) is 14.2. The van der Waals surface area contributed by atoms with Gasteiger partial charge in [-0.3, -0.25) is 4.98 Å². The van der Waals surface area contributed by atoms with Crippen molar-refractivity contribution in [3.63, 3.8) is 0 Å². The molecule has 2 aromatic heterocycles. The lowest BCUT2D eigenvalue weighted by molar-refractivity contribution is 0.279. The predicted molar refractivity (Wildman–Crippen MR) is 119 cm³/mol. The van der Waals surface area contributed by atoms with Gasteiger partial charge in [-0.1, -0.05) is 76.3 Å². The molecule has 4 rings (SSSR count). The van der Waals surface area contributed by atoms with Crippen molar-refractivity contribution in [3.05, 3.63) is 59.5 Å². The molecule has 1 aliphatic rings. The number of aromatic nitrogens is 5. The van der Waals surface area contributed by atoms with Gasteiger partial charge in [0, 0.05) is 11.3 Å². The highest BCUT2D eigenvalue weighted by Crippen LogP contribution is 2.29. The first-order valence-corrected chi connectivity index (χ1v) is 10.6. The zero-order valence-corrected chi connectivity index (χ0v) is 17.7. The Balaban J connectivity index is 0.000000224. The summed E-state index contributed by atoms with van der Waals surface area (Å²) in [5.74, 6) is 2.55. The molecule has 1 aromatic carbocycles. The average molecular weight is 390 g/mol. The van der Waals surface area contributed by atoms with Gasteiger partial charge in [0.05, 0.1) is 5.69 Å². The molecule has 3 aromatic rings. The Kier molecular flexibility index (Phi) is 7.68. The number of aryl methyl sites for hydroxylation is 1. The number of aromatic amines is 1. The van der Waals surface area contributed by atoms with Crippen LogP contribution in [0.1, 0.15) is 63.0 Å². The highest BCUT2D eigenvalue weighted by Gasteiger charge is 2.15. The van der Waals surface area contributed by atoms with Crippen LogP contribution in [-0.2, 0) is 0 Å². The molecule has 5 heteroatoms. The molecule has 1 N–H and O–H groups in total. The van der Waals surface area contributed by atoms with E-state index in [0.29, 0.717) is 5.82 Å². The number of hydrogen-bond acceptors (Lipinski definition) is 4. The minimum absolute atomic E-state index is 0.559. The van der Waals surface area contributed by atoms with E-state index in [1.165, 1.54) is 32.1 Å². The molecule has 0 amide bonds. The average Bonchev–Trinajstić information content (AvgIpc) is 3.27. The summed E-state index contributed by atoms with van der Waals surface area (Å²) in [5, 5.41) is 13.7. The Morgan fingerprint density at radius 2 is 1.79 bits per heavy atom. The third-order valence-corrected chi connectivity index (χ3v) is 5.45. The van der Waals surface area contributed by atoms with Crippen LogP contribution in [0.3, 0.4) is 0 Å². The summed E-state index contributed by atoms with van der Waals surface area (Å²) in [6.45, 7) is 6.70. The van der Waals surface area contributed by atoms with Gasteiger partial charge in [-0.2, -0.15) is 5.21 Å². The van der Waals surface area contributed by atoms with Crippen molar-refractivity contribution in [1.82, 2.24) is 25.6 Å². The first-order chi connectivity index (χ1) is 14.1. The Morgan fingerprint density at radius 1 is 1.00 bits per heavy atom. The van der Waals surface area contributed by atoms with Crippen LogP contribution in [0.4, 0.5) is 0 Å². The molecule has 0 radical (unpaired) electrons. The van der Waals surface area contributed by atoms with E-state index in [1.54, 1.807) is 0 Å². The molecule has 0 aliphatic heterocycles. The molecule has 29 heavy (non-hydrogen) atoms. The lowest BCUT2D eigenvalue weighted by Gasteiger charge is -2.24. The van der Waals surface area contributed by atoms with Crippen LogP contribution in [0, 0.1) is 18.8 Å². The maximum absolute atomic E-state index is 4.53. The zero-order chi connectivity index (χ0) is 20.5. The first kappa shape index (κ1) is 20.9. The Labute approximate surface area is 173 Å². The molecule has 5 nitrogen and oxygen atoms in total. The lowest BCUT2D eigenvalue weighted by atomic mass is 9.82. The van der Waals surface area contributed by atoms with E-state index in [2.05, 4.69) is 45.5 Å². The second-order valence-corrected chi connectivity index (χ2v) is 8.04. The van der Waals surface area contributed by atoms with Crippen LogP contribution in [0.2, 0.25) is 0 Å². The van der Waals surface area contributed by atoms with Crippen LogP contribution >= 0.6 is 0 Å². The maximum Gasteiger partial charge on any atom is 0.197 e. The topological polar surface area (TPSA) is 67.3 Å². The number of nitrogens with zero attached hydrogens (tertiary/aromatic N) is 4. The maximum atomic E-state index is 4.53. The number of rotatable bonds is 4. The molecule has 2 heterocycles. The normalized spacial score (nSPS) is 14.8. The summed E-state index contributed by atoms with van der Waals surface area (Å²) in [6.07, 6.45) is 11.2. The zero-order valence-electron chi connectivity index (χ0n) is 17.7. The van der Waals surface area contributed by atoms with Crippen LogP contribution < -0.4 is 0 Å². The number of benzene rings is 1. The molecule has 0 bridgehead atoms. The molecular weight excluding hydrogens is 358 g/mol. The molecule has 0 spiro atoms. The van der Waals surface area contributed by atoms with Crippen molar-refractivity contribution in [2.45, 2.75) is 52.9 Å². The van der Waals surface area contributed by atoms with Gasteiger partial charge < -0.3 is 0 Å². The third kappa shape index (κ3) is 6.63. The van der Waals surface area contributed by atoms with Gasteiger partial charge in [-0.25, -0.2) is 0 Å². The molecule has 152 valence electrons. The fourth-order valence-electron chi connectivity index (χ4n) is 3.72. The molecule has 1 aliphatic carbocycles. The van der Waals surface area contributed by atoms with Crippen LogP contribution in [-0.4, -0.2) is 25.6 Å². The molecule has 0 atom stereocenters. The minimum atomic E-state index is 0.559. The van der Waals surface area contributed by atoms with Gasteiger partial charge >= 0.3 is 0 Å². The van der Waals surface area contributed by atoms with E-state index in [9.17, 15) is 0 Å². The molecule has 1 saturated carbocycles. The third-order valence-electron chi connectivity index (χ3n) is 5.45. The van der Waals surface area contributed by atoms with Crippen molar-refractivity contribution in [2.24, 2.45) is 11.8 Å². The van der Waals surface area contributed by atoms with Gasteiger partial charge in [0.25, 0.3) is 0 Å². The van der Waals surface area contributed by atoms with Crippen LogP contribution in [0.25, 0.3) is 23.4 Å². The summed E-state index contributed by atoms with van der Waals surface area (Å²) in [5.41, 5.74) is 4.13. The summed E-state index contributed by atoms with van der Waals surface area (Å²) < 4.78 is 0. The predicted octanol–water partition coefficient (Wildman–Crippen LogP) is 5.96. The Morgan fingerprint density at radius 3 is 2.45 bits per heavy atom.